The second-order valence-corrected chi connectivity index (χ2v) is 5.11. The van der Waals surface area contributed by atoms with Crippen molar-refractivity contribution in [2.24, 2.45) is 0 Å². The van der Waals surface area contributed by atoms with Gasteiger partial charge in [-0.25, -0.2) is 4.39 Å². The molecule has 1 N–H and O–H groups in total. The van der Waals surface area contributed by atoms with Gasteiger partial charge in [-0.15, -0.1) is 5.10 Å². The highest BCUT2D eigenvalue weighted by Crippen LogP contribution is 2.23. The van der Waals surface area contributed by atoms with E-state index in [1.165, 1.54) is 17.6 Å². The minimum Gasteiger partial charge on any atom is -0.309 e. The first-order chi connectivity index (χ1) is 8.70. The fraction of sp³-hybridized carbons (Fsp3) is 0.333. The van der Waals surface area contributed by atoms with Gasteiger partial charge in [0.25, 0.3) is 0 Å². The number of rotatable bonds is 5. The first-order valence-electron chi connectivity index (χ1n) is 5.65. The predicted molar refractivity (Wildman–Crippen MR) is 71.4 cm³/mol. The van der Waals surface area contributed by atoms with Gasteiger partial charge in [-0.1, -0.05) is 29.1 Å². The highest BCUT2D eigenvalue weighted by Gasteiger charge is 2.14. The molecule has 0 fully saturated rings. The molecule has 0 saturated carbocycles. The van der Waals surface area contributed by atoms with Crippen molar-refractivity contribution in [1.82, 2.24) is 14.9 Å². The van der Waals surface area contributed by atoms with E-state index >= 15 is 0 Å². The van der Waals surface area contributed by atoms with Crippen LogP contribution in [0.1, 0.15) is 23.4 Å². The van der Waals surface area contributed by atoms with Crippen LogP contribution in [0.5, 0.6) is 0 Å². The number of hydrogen-bond donors (Lipinski definition) is 1. The molecule has 1 heterocycles. The van der Waals surface area contributed by atoms with Gasteiger partial charge < -0.3 is 5.32 Å². The molecule has 0 aliphatic heterocycles. The molecule has 6 heteroatoms. The lowest BCUT2D eigenvalue weighted by Gasteiger charge is -2.15. The van der Waals surface area contributed by atoms with Gasteiger partial charge in [0.15, 0.2) is 0 Å². The Bertz CT molecular complexity index is 504. The van der Waals surface area contributed by atoms with Gasteiger partial charge in [0.2, 0.25) is 0 Å². The van der Waals surface area contributed by atoms with Gasteiger partial charge in [0, 0.05) is 6.04 Å². The summed E-state index contributed by atoms with van der Waals surface area (Å²) in [7, 11) is 0. The van der Waals surface area contributed by atoms with Crippen LogP contribution in [0.3, 0.4) is 0 Å². The average Bonchev–Trinajstić information content (AvgIpc) is 2.87. The van der Waals surface area contributed by atoms with Crippen molar-refractivity contribution < 1.29 is 4.39 Å². The van der Waals surface area contributed by atoms with E-state index in [2.05, 4.69) is 14.9 Å². The minimum absolute atomic E-state index is 0.136. The van der Waals surface area contributed by atoms with E-state index < -0.39 is 0 Å². The van der Waals surface area contributed by atoms with Crippen molar-refractivity contribution in [3.8, 4) is 0 Å². The van der Waals surface area contributed by atoms with E-state index in [1.54, 1.807) is 18.3 Å². The Morgan fingerprint density at radius 2 is 2.33 bits per heavy atom. The second kappa shape index (κ2) is 6.22. The fourth-order valence-corrected chi connectivity index (χ4v) is 2.53. The van der Waals surface area contributed by atoms with Crippen molar-refractivity contribution in [1.29, 1.82) is 0 Å². The lowest BCUT2D eigenvalue weighted by Crippen LogP contribution is -2.22. The Balaban J connectivity index is 2.16. The van der Waals surface area contributed by atoms with Crippen molar-refractivity contribution in [2.75, 3.05) is 6.54 Å². The van der Waals surface area contributed by atoms with Crippen molar-refractivity contribution in [3.63, 3.8) is 0 Å². The Kier molecular flexibility index (Phi) is 4.63. The topological polar surface area (TPSA) is 37.8 Å². The predicted octanol–water partition coefficient (Wildman–Crippen LogP) is 3.22. The Morgan fingerprint density at radius 1 is 1.50 bits per heavy atom. The molecule has 0 spiro atoms. The van der Waals surface area contributed by atoms with Crippen LogP contribution >= 0.6 is 23.1 Å². The molecule has 2 aromatic rings. The molecule has 1 atom stereocenters. The van der Waals surface area contributed by atoms with Crippen LogP contribution in [-0.4, -0.2) is 16.1 Å². The molecule has 96 valence electrons. The number of aromatic nitrogens is 2. The van der Waals surface area contributed by atoms with Crippen LogP contribution < -0.4 is 5.32 Å². The number of benzene rings is 1. The smallest absolute Gasteiger partial charge is 0.141 e. The molecule has 0 bridgehead atoms. The first-order valence-corrected chi connectivity index (χ1v) is 6.80. The van der Waals surface area contributed by atoms with Crippen LogP contribution in [0.4, 0.5) is 4.39 Å². The summed E-state index contributed by atoms with van der Waals surface area (Å²) in [4.78, 5) is 1.07. The molecule has 1 unspecified atom stereocenters. The molecular formula is C12H13ClFN3S. The van der Waals surface area contributed by atoms with Crippen LogP contribution in [0.2, 0.25) is 5.02 Å². The molecule has 1 aromatic heterocycles. The second-order valence-electron chi connectivity index (χ2n) is 3.88. The summed E-state index contributed by atoms with van der Waals surface area (Å²) >= 11 is 7.15. The summed E-state index contributed by atoms with van der Waals surface area (Å²) in [5, 5.41) is 7.36. The molecule has 18 heavy (non-hydrogen) atoms. The Labute approximate surface area is 114 Å². The number of halogens is 2. The first kappa shape index (κ1) is 13.4. The quantitative estimate of drug-likeness (QED) is 0.916. The third-order valence-corrected chi connectivity index (χ3v) is 3.66. The van der Waals surface area contributed by atoms with Gasteiger partial charge in [0.05, 0.1) is 16.1 Å². The van der Waals surface area contributed by atoms with Gasteiger partial charge >= 0.3 is 0 Å². The van der Waals surface area contributed by atoms with Crippen molar-refractivity contribution in [3.05, 3.63) is 45.7 Å². The zero-order valence-corrected chi connectivity index (χ0v) is 11.4. The zero-order chi connectivity index (χ0) is 13.0. The van der Waals surface area contributed by atoms with E-state index in [1.807, 2.05) is 6.92 Å². The number of likely N-dealkylation sites (N-methyl/N-ethyl adjacent to an activating group) is 1. The summed E-state index contributed by atoms with van der Waals surface area (Å²) in [5.74, 6) is -0.389. The normalized spacial score (nSPS) is 12.6. The van der Waals surface area contributed by atoms with Crippen molar-refractivity contribution >= 4 is 23.1 Å². The maximum atomic E-state index is 13.1. The van der Waals surface area contributed by atoms with Gasteiger partial charge in [0.1, 0.15) is 5.82 Å². The number of nitrogens with one attached hydrogen (secondary N) is 1. The fourth-order valence-electron chi connectivity index (χ4n) is 1.75. The summed E-state index contributed by atoms with van der Waals surface area (Å²) in [6.45, 7) is 2.89. The maximum absolute atomic E-state index is 13.1. The van der Waals surface area contributed by atoms with E-state index in [0.717, 1.165) is 23.4 Å². The maximum Gasteiger partial charge on any atom is 0.141 e. The molecular weight excluding hydrogens is 273 g/mol. The monoisotopic (exact) mass is 285 g/mol. The molecule has 3 nitrogen and oxygen atoms in total. The molecule has 0 amide bonds. The van der Waals surface area contributed by atoms with E-state index in [9.17, 15) is 4.39 Å². The molecule has 0 radical (unpaired) electrons. The molecule has 0 aliphatic carbocycles. The zero-order valence-electron chi connectivity index (χ0n) is 9.86. The number of hydrogen-bond acceptors (Lipinski definition) is 4. The average molecular weight is 286 g/mol. The van der Waals surface area contributed by atoms with E-state index in [0.29, 0.717) is 0 Å². The largest absolute Gasteiger partial charge is 0.309 e. The van der Waals surface area contributed by atoms with Gasteiger partial charge in [-0.2, -0.15) is 0 Å². The highest BCUT2D eigenvalue weighted by atomic mass is 35.5. The van der Waals surface area contributed by atoms with Crippen molar-refractivity contribution in [2.45, 2.75) is 19.4 Å². The third kappa shape index (κ3) is 3.25. The van der Waals surface area contributed by atoms with E-state index in [4.69, 9.17) is 11.6 Å². The minimum atomic E-state index is -0.389. The molecule has 1 aromatic carbocycles. The van der Waals surface area contributed by atoms with Crippen LogP contribution in [0, 0.1) is 5.82 Å². The Morgan fingerprint density at radius 3 is 2.94 bits per heavy atom. The van der Waals surface area contributed by atoms with E-state index in [-0.39, 0.29) is 16.9 Å². The lowest BCUT2D eigenvalue weighted by molar-refractivity contribution is 0.556. The SMILES string of the molecule is CCNC(Cc1ccc(F)c(Cl)c1)c1cnns1. The van der Waals surface area contributed by atoms with Gasteiger partial charge in [-0.05, 0) is 42.2 Å². The summed E-state index contributed by atoms with van der Waals surface area (Å²) in [6.07, 6.45) is 2.49. The molecule has 0 saturated heterocycles. The molecule has 2 rings (SSSR count). The van der Waals surface area contributed by atoms with Crippen LogP contribution in [0.25, 0.3) is 0 Å². The van der Waals surface area contributed by atoms with Crippen LogP contribution in [0.15, 0.2) is 24.4 Å². The standard InChI is InChI=1S/C12H13ClFN3S/c1-2-15-11(12-7-16-17-18-12)6-8-3-4-10(14)9(13)5-8/h3-5,7,11,15H,2,6H2,1H3. The Hall–Kier alpha value is -1.04. The highest BCUT2D eigenvalue weighted by molar-refractivity contribution is 7.05. The molecule has 0 aliphatic rings. The summed E-state index contributed by atoms with van der Waals surface area (Å²) < 4.78 is 17.0. The summed E-state index contributed by atoms with van der Waals surface area (Å²) in [5.41, 5.74) is 0.987. The van der Waals surface area contributed by atoms with Crippen LogP contribution in [-0.2, 0) is 6.42 Å². The van der Waals surface area contributed by atoms with Gasteiger partial charge in [-0.3, -0.25) is 0 Å². The third-order valence-electron chi connectivity index (χ3n) is 2.60. The summed E-state index contributed by atoms with van der Waals surface area (Å²) in [6, 6.07) is 4.94. The lowest BCUT2D eigenvalue weighted by atomic mass is 10.0. The number of nitrogens with zero attached hydrogens (tertiary/aromatic N) is 2.